The Morgan fingerprint density at radius 2 is 2.14 bits per heavy atom. The molecular weight excluding hydrogens is 466 g/mol. The first-order chi connectivity index (χ1) is 17.0. The molecular formula is C25H26ClN7O2. The lowest BCUT2D eigenvalue weighted by Crippen LogP contribution is -2.36. The standard InChI is InChI=1S/C25H26ClN7O2/c1-3-22(34)33-9-6-16(7-10-33)18-13-28-24-23(18)25(30-15-29-24)31-17-4-5-20(19(26)12-17)35-14-21-27-8-11-32(21)2/h3-5,8,11-13,15-16H,1,6-7,9-10,14H2,2H3,(H2,28,29,30,31). The number of H-pyrrole nitrogens is 1. The Kier molecular flexibility index (Phi) is 6.41. The number of anilines is 2. The summed E-state index contributed by atoms with van der Waals surface area (Å²) in [7, 11) is 1.92. The minimum Gasteiger partial charge on any atom is -0.484 e. The van der Waals surface area contributed by atoms with Gasteiger partial charge in [-0.05, 0) is 48.6 Å². The number of aromatic nitrogens is 5. The largest absolute Gasteiger partial charge is 0.484 e. The van der Waals surface area contributed by atoms with Gasteiger partial charge in [0.1, 0.15) is 36.0 Å². The van der Waals surface area contributed by atoms with E-state index in [1.165, 1.54) is 12.4 Å². The Labute approximate surface area is 207 Å². The quantitative estimate of drug-likeness (QED) is 0.367. The van der Waals surface area contributed by atoms with Crippen molar-refractivity contribution in [1.29, 1.82) is 0 Å². The molecule has 0 spiro atoms. The van der Waals surface area contributed by atoms with Crippen molar-refractivity contribution in [1.82, 2.24) is 29.4 Å². The first-order valence-electron chi connectivity index (χ1n) is 11.4. The zero-order valence-electron chi connectivity index (χ0n) is 19.4. The van der Waals surface area contributed by atoms with Crippen LogP contribution in [-0.2, 0) is 18.4 Å². The smallest absolute Gasteiger partial charge is 0.245 e. The molecule has 0 radical (unpaired) electrons. The van der Waals surface area contributed by atoms with E-state index >= 15 is 0 Å². The van der Waals surface area contributed by atoms with Gasteiger partial charge in [0.05, 0.1) is 10.4 Å². The molecule has 0 unspecified atom stereocenters. The van der Waals surface area contributed by atoms with Gasteiger partial charge in [-0.2, -0.15) is 0 Å². The van der Waals surface area contributed by atoms with Crippen molar-refractivity contribution in [3.63, 3.8) is 0 Å². The fourth-order valence-corrected chi connectivity index (χ4v) is 4.69. The Balaban J connectivity index is 1.34. The van der Waals surface area contributed by atoms with E-state index in [9.17, 15) is 4.79 Å². The van der Waals surface area contributed by atoms with Crippen LogP contribution in [0, 0.1) is 0 Å². The van der Waals surface area contributed by atoms with Gasteiger partial charge in [-0.1, -0.05) is 18.2 Å². The van der Waals surface area contributed by atoms with E-state index in [1.807, 2.05) is 47.1 Å². The van der Waals surface area contributed by atoms with Crippen LogP contribution in [0.3, 0.4) is 0 Å². The fourth-order valence-electron chi connectivity index (χ4n) is 4.45. The summed E-state index contributed by atoms with van der Waals surface area (Å²) in [5, 5.41) is 4.83. The normalized spacial score (nSPS) is 14.3. The van der Waals surface area contributed by atoms with Gasteiger partial charge in [0.2, 0.25) is 5.91 Å². The molecule has 180 valence electrons. The summed E-state index contributed by atoms with van der Waals surface area (Å²) in [5.41, 5.74) is 2.70. The van der Waals surface area contributed by atoms with E-state index in [-0.39, 0.29) is 5.91 Å². The first-order valence-corrected chi connectivity index (χ1v) is 11.8. The number of halogens is 1. The molecule has 0 aliphatic carbocycles. The van der Waals surface area contributed by atoms with Crippen molar-refractivity contribution in [2.75, 3.05) is 18.4 Å². The van der Waals surface area contributed by atoms with E-state index in [1.54, 1.807) is 6.20 Å². The van der Waals surface area contributed by atoms with Crippen molar-refractivity contribution < 1.29 is 9.53 Å². The predicted octanol–water partition coefficient (Wildman–Crippen LogP) is 4.56. The summed E-state index contributed by atoms with van der Waals surface area (Å²) in [6, 6.07) is 5.55. The van der Waals surface area contributed by atoms with E-state index < -0.39 is 0 Å². The number of amides is 1. The highest BCUT2D eigenvalue weighted by atomic mass is 35.5. The topological polar surface area (TPSA) is 101 Å². The molecule has 2 N–H and O–H groups in total. The molecule has 0 saturated carbocycles. The van der Waals surface area contributed by atoms with Crippen LogP contribution in [0.15, 0.2) is 55.8 Å². The zero-order valence-corrected chi connectivity index (χ0v) is 20.1. The van der Waals surface area contributed by atoms with Crippen LogP contribution in [-0.4, -0.2) is 48.4 Å². The number of fused-ring (bicyclic) bond motifs is 1. The third-order valence-electron chi connectivity index (χ3n) is 6.39. The second-order valence-corrected chi connectivity index (χ2v) is 8.91. The molecule has 5 rings (SSSR count). The van der Waals surface area contributed by atoms with Gasteiger partial charge < -0.3 is 24.5 Å². The molecule has 1 fully saturated rings. The number of imidazole rings is 1. The maximum Gasteiger partial charge on any atom is 0.245 e. The minimum absolute atomic E-state index is 0.0164. The molecule has 4 heterocycles. The molecule has 35 heavy (non-hydrogen) atoms. The molecule has 0 bridgehead atoms. The number of carbonyl (C=O) groups excluding carboxylic acids is 1. The number of aryl methyl sites for hydroxylation is 1. The minimum atomic E-state index is -0.0164. The lowest BCUT2D eigenvalue weighted by atomic mass is 9.89. The van der Waals surface area contributed by atoms with Gasteiger partial charge in [-0.25, -0.2) is 15.0 Å². The van der Waals surface area contributed by atoms with Gasteiger partial charge in [-0.3, -0.25) is 4.79 Å². The number of ether oxygens (including phenoxy) is 1. The number of benzene rings is 1. The first kappa shape index (κ1) is 22.9. The number of carbonyl (C=O) groups is 1. The summed E-state index contributed by atoms with van der Waals surface area (Å²) < 4.78 is 7.75. The molecule has 1 saturated heterocycles. The summed E-state index contributed by atoms with van der Waals surface area (Å²) in [6.07, 6.45) is 10.2. The molecule has 1 aromatic carbocycles. The lowest BCUT2D eigenvalue weighted by Gasteiger charge is -2.31. The number of likely N-dealkylation sites (tertiary alicyclic amines) is 1. The van der Waals surface area contributed by atoms with Gasteiger partial charge in [0.15, 0.2) is 0 Å². The average molecular weight is 492 g/mol. The monoisotopic (exact) mass is 491 g/mol. The third-order valence-corrected chi connectivity index (χ3v) is 6.69. The Morgan fingerprint density at radius 3 is 2.86 bits per heavy atom. The van der Waals surface area contributed by atoms with Gasteiger partial charge in [0.25, 0.3) is 0 Å². The van der Waals surface area contributed by atoms with Crippen LogP contribution in [0.5, 0.6) is 5.75 Å². The van der Waals surface area contributed by atoms with Crippen LogP contribution in [0.25, 0.3) is 11.0 Å². The maximum absolute atomic E-state index is 11.9. The van der Waals surface area contributed by atoms with Crippen molar-refractivity contribution in [2.24, 2.45) is 7.05 Å². The average Bonchev–Trinajstić information content (AvgIpc) is 3.50. The third kappa shape index (κ3) is 4.72. The van der Waals surface area contributed by atoms with Crippen molar-refractivity contribution >= 4 is 40.0 Å². The van der Waals surface area contributed by atoms with Gasteiger partial charge in [0, 0.05) is 44.4 Å². The van der Waals surface area contributed by atoms with Crippen LogP contribution in [0.1, 0.15) is 30.1 Å². The summed E-state index contributed by atoms with van der Waals surface area (Å²) in [6.45, 7) is 5.32. The molecule has 1 aliphatic heterocycles. The highest BCUT2D eigenvalue weighted by Gasteiger charge is 2.26. The lowest BCUT2D eigenvalue weighted by molar-refractivity contribution is -0.127. The van der Waals surface area contributed by atoms with Crippen molar-refractivity contribution in [2.45, 2.75) is 25.4 Å². The van der Waals surface area contributed by atoms with Crippen LogP contribution >= 0.6 is 11.6 Å². The zero-order chi connectivity index (χ0) is 24.4. The Morgan fingerprint density at radius 1 is 1.31 bits per heavy atom. The van der Waals surface area contributed by atoms with Crippen LogP contribution in [0.2, 0.25) is 5.02 Å². The summed E-state index contributed by atoms with van der Waals surface area (Å²) >= 11 is 6.51. The van der Waals surface area contributed by atoms with E-state index in [0.29, 0.717) is 42.2 Å². The molecule has 1 aliphatic rings. The number of nitrogens with one attached hydrogen (secondary N) is 2. The van der Waals surface area contributed by atoms with E-state index in [2.05, 4.69) is 31.8 Å². The predicted molar refractivity (Wildman–Crippen MR) is 135 cm³/mol. The molecule has 4 aromatic rings. The number of piperidine rings is 1. The summed E-state index contributed by atoms with van der Waals surface area (Å²) in [4.78, 5) is 30.2. The number of aromatic amines is 1. The number of nitrogens with zero attached hydrogens (tertiary/aromatic N) is 5. The van der Waals surface area contributed by atoms with Gasteiger partial charge >= 0.3 is 0 Å². The molecule has 1 amide bonds. The highest BCUT2D eigenvalue weighted by Crippen LogP contribution is 2.37. The molecule has 3 aromatic heterocycles. The fraction of sp³-hybridized carbons (Fsp3) is 0.280. The second kappa shape index (κ2) is 9.79. The van der Waals surface area contributed by atoms with Crippen molar-refractivity contribution in [3.05, 3.63) is 72.2 Å². The Bertz CT molecular complexity index is 1370. The number of rotatable bonds is 7. The molecule has 9 nitrogen and oxygen atoms in total. The molecule has 10 heteroatoms. The van der Waals surface area contributed by atoms with E-state index in [4.69, 9.17) is 16.3 Å². The SMILES string of the molecule is C=CC(=O)N1CCC(c2c[nH]c3ncnc(Nc4ccc(OCc5nccn5C)c(Cl)c4)c23)CC1. The van der Waals surface area contributed by atoms with Crippen LogP contribution < -0.4 is 10.1 Å². The van der Waals surface area contributed by atoms with E-state index in [0.717, 1.165) is 41.0 Å². The maximum atomic E-state index is 11.9. The second-order valence-electron chi connectivity index (χ2n) is 8.51. The summed E-state index contributed by atoms with van der Waals surface area (Å²) in [5.74, 6) is 2.38. The number of hydrogen-bond acceptors (Lipinski definition) is 6. The number of hydrogen-bond donors (Lipinski definition) is 2. The van der Waals surface area contributed by atoms with Crippen LogP contribution in [0.4, 0.5) is 11.5 Å². The van der Waals surface area contributed by atoms with Gasteiger partial charge in [-0.15, -0.1) is 0 Å². The highest BCUT2D eigenvalue weighted by molar-refractivity contribution is 6.32. The molecule has 0 atom stereocenters. The van der Waals surface area contributed by atoms with Crippen molar-refractivity contribution in [3.8, 4) is 5.75 Å². The Hall–Kier alpha value is -3.85.